The van der Waals surface area contributed by atoms with Gasteiger partial charge in [-0.25, -0.2) is 13.1 Å². The van der Waals surface area contributed by atoms with Gasteiger partial charge in [0.15, 0.2) is 0 Å². The molecule has 0 aromatic carbocycles. The SMILES string of the molecule is CC(CN)CCCNS(=O)(=O)C(F)F. The van der Waals surface area contributed by atoms with E-state index < -0.39 is 15.8 Å². The van der Waals surface area contributed by atoms with Gasteiger partial charge in [-0.2, -0.15) is 8.78 Å². The molecule has 0 spiro atoms. The molecule has 0 radical (unpaired) electrons. The van der Waals surface area contributed by atoms with Crippen molar-refractivity contribution in [3.05, 3.63) is 0 Å². The molecule has 1 unspecified atom stereocenters. The predicted molar refractivity (Wildman–Crippen MR) is 50.4 cm³/mol. The van der Waals surface area contributed by atoms with Crippen LogP contribution < -0.4 is 10.5 Å². The van der Waals surface area contributed by atoms with Crippen molar-refractivity contribution in [2.45, 2.75) is 25.5 Å². The molecule has 0 aliphatic carbocycles. The second-order valence-corrected chi connectivity index (χ2v) is 4.92. The summed E-state index contributed by atoms with van der Waals surface area (Å²) in [5.41, 5.74) is 5.33. The fraction of sp³-hybridized carbons (Fsp3) is 1.00. The number of nitrogens with one attached hydrogen (secondary N) is 1. The Balaban J connectivity index is 3.65. The third-order valence-electron chi connectivity index (χ3n) is 1.81. The molecule has 0 aromatic heterocycles. The summed E-state index contributed by atoms with van der Waals surface area (Å²) in [6, 6.07) is 0. The Morgan fingerprint density at radius 2 is 2.00 bits per heavy atom. The molecule has 0 heterocycles. The minimum absolute atomic E-state index is 0.0387. The number of halogens is 2. The topological polar surface area (TPSA) is 72.2 Å². The van der Waals surface area contributed by atoms with E-state index in [-0.39, 0.29) is 12.5 Å². The van der Waals surface area contributed by atoms with Gasteiger partial charge in [-0.1, -0.05) is 6.92 Å². The van der Waals surface area contributed by atoms with Gasteiger partial charge < -0.3 is 5.73 Å². The molecule has 0 saturated carbocycles. The number of hydrogen-bond acceptors (Lipinski definition) is 3. The zero-order chi connectivity index (χ0) is 11.2. The van der Waals surface area contributed by atoms with Crippen LogP contribution in [0, 0.1) is 5.92 Å². The summed E-state index contributed by atoms with van der Waals surface area (Å²) in [5, 5.41) is 0. The maximum atomic E-state index is 11.8. The first-order chi connectivity index (χ1) is 6.40. The van der Waals surface area contributed by atoms with Crippen LogP contribution in [-0.4, -0.2) is 27.3 Å². The molecule has 14 heavy (non-hydrogen) atoms. The lowest BCUT2D eigenvalue weighted by Crippen LogP contribution is -2.30. The molecule has 0 fully saturated rings. The lowest BCUT2D eigenvalue weighted by Gasteiger charge is -2.08. The molecule has 3 N–H and O–H groups in total. The van der Waals surface area contributed by atoms with Gasteiger partial charge in [-0.3, -0.25) is 0 Å². The van der Waals surface area contributed by atoms with Crippen molar-refractivity contribution in [1.29, 1.82) is 0 Å². The Morgan fingerprint density at radius 1 is 1.43 bits per heavy atom. The Kier molecular flexibility index (Phi) is 6.14. The van der Waals surface area contributed by atoms with Crippen LogP contribution in [0.4, 0.5) is 8.78 Å². The van der Waals surface area contributed by atoms with Gasteiger partial charge in [0.1, 0.15) is 0 Å². The first-order valence-electron chi connectivity index (χ1n) is 4.37. The normalized spacial score (nSPS) is 14.6. The van der Waals surface area contributed by atoms with Crippen LogP contribution in [0.2, 0.25) is 0 Å². The van der Waals surface area contributed by atoms with Gasteiger partial charge >= 0.3 is 5.76 Å². The minimum Gasteiger partial charge on any atom is -0.330 e. The molecule has 0 amide bonds. The van der Waals surface area contributed by atoms with Gasteiger partial charge in [0.05, 0.1) is 0 Å². The number of hydrogen-bond donors (Lipinski definition) is 2. The second-order valence-electron chi connectivity index (χ2n) is 3.18. The number of sulfonamides is 1. The Labute approximate surface area is 82.9 Å². The molecule has 0 aliphatic heterocycles. The zero-order valence-corrected chi connectivity index (χ0v) is 8.86. The van der Waals surface area contributed by atoms with Crippen LogP contribution in [-0.2, 0) is 10.0 Å². The molecule has 0 aliphatic rings. The quantitative estimate of drug-likeness (QED) is 0.626. The predicted octanol–water partition coefficient (Wildman–Crippen LogP) is 0.503. The molecule has 0 bridgehead atoms. The molecule has 86 valence electrons. The zero-order valence-electron chi connectivity index (χ0n) is 8.04. The fourth-order valence-corrected chi connectivity index (χ4v) is 1.40. The van der Waals surface area contributed by atoms with Crippen molar-refractivity contribution in [3.63, 3.8) is 0 Å². The van der Waals surface area contributed by atoms with Crippen molar-refractivity contribution in [2.24, 2.45) is 11.7 Å². The summed E-state index contributed by atoms with van der Waals surface area (Å²) in [6.07, 6.45) is 1.24. The van der Waals surface area contributed by atoms with Crippen LogP contribution in [0.15, 0.2) is 0 Å². The average Bonchev–Trinajstić information content (AvgIpc) is 2.11. The molecule has 0 saturated heterocycles. The maximum Gasteiger partial charge on any atom is 0.350 e. The van der Waals surface area contributed by atoms with E-state index in [2.05, 4.69) is 0 Å². The van der Waals surface area contributed by atoms with Gasteiger partial charge in [-0.15, -0.1) is 0 Å². The molecule has 0 rings (SSSR count). The van der Waals surface area contributed by atoms with Crippen LogP contribution in [0.5, 0.6) is 0 Å². The standard InChI is InChI=1S/C7H16F2N2O2S/c1-6(5-10)3-2-4-11-14(12,13)7(8)9/h6-7,11H,2-5,10H2,1H3. The monoisotopic (exact) mass is 230 g/mol. The first kappa shape index (κ1) is 13.7. The van der Waals surface area contributed by atoms with Gasteiger partial charge in [0.25, 0.3) is 10.0 Å². The Morgan fingerprint density at radius 3 is 2.43 bits per heavy atom. The van der Waals surface area contributed by atoms with E-state index in [0.717, 1.165) is 6.42 Å². The van der Waals surface area contributed by atoms with E-state index >= 15 is 0 Å². The summed E-state index contributed by atoms with van der Waals surface area (Å²) < 4.78 is 46.5. The summed E-state index contributed by atoms with van der Waals surface area (Å²) >= 11 is 0. The molecular weight excluding hydrogens is 214 g/mol. The lowest BCUT2D eigenvalue weighted by molar-refractivity contribution is 0.232. The molecule has 4 nitrogen and oxygen atoms in total. The molecule has 1 atom stereocenters. The van der Waals surface area contributed by atoms with Gasteiger partial charge in [0.2, 0.25) is 0 Å². The highest BCUT2D eigenvalue weighted by Crippen LogP contribution is 2.04. The van der Waals surface area contributed by atoms with Gasteiger partial charge in [0, 0.05) is 6.54 Å². The summed E-state index contributed by atoms with van der Waals surface area (Å²) in [7, 11) is -4.42. The van der Waals surface area contributed by atoms with E-state index in [0.29, 0.717) is 13.0 Å². The van der Waals surface area contributed by atoms with E-state index in [9.17, 15) is 17.2 Å². The van der Waals surface area contributed by atoms with Crippen molar-refractivity contribution in [1.82, 2.24) is 4.72 Å². The smallest absolute Gasteiger partial charge is 0.330 e. The van der Waals surface area contributed by atoms with Crippen molar-refractivity contribution in [3.8, 4) is 0 Å². The highest BCUT2D eigenvalue weighted by Gasteiger charge is 2.22. The number of nitrogens with two attached hydrogens (primary N) is 1. The highest BCUT2D eigenvalue weighted by molar-refractivity contribution is 7.89. The van der Waals surface area contributed by atoms with E-state index in [1.807, 2.05) is 11.6 Å². The summed E-state index contributed by atoms with van der Waals surface area (Å²) in [6.45, 7) is 2.47. The Hall–Kier alpha value is -0.270. The number of rotatable bonds is 7. The average molecular weight is 230 g/mol. The maximum absolute atomic E-state index is 11.8. The van der Waals surface area contributed by atoms with Crippen LogP contribution in [0.25, 0.3) is 0 Å². The highest BCUT2D eigenvalue weighted by atomic mass is 32.2. The number of alkyl halides is 2. The van der Waals surface area contributed by atoms with Gasteiger partial charge in [-0.05, 0) is 25.3 Å². The van der Waals surface area contributed by atoms with Crippen LogP contribution in [0.1, 0.15) is 19.8 Å². The summed E-state index contributed by atoms with van der Waals surface area (Å²) in [4.78, 5) is 0. The van der Waals surface area contributed by atoms with E-state index in [1.165, 1.54) is 0 Å². The Bertz CT molecular complexity index is 244. The fourth-order valence-electron chi connectivity index (χ4n) is 0.846. The third kappa shape index (κ3) is 5.46. The van der Waals surface area contributed by atoms with E-state index in [4.69, 9.17) is 5.73 Å². The molecule has 0 aromatic rings. The largest absolute Gasteiger partial charge is 0.350 e. The molecular formula is C7H16F2N2O2S. The minimum atomic E-state index is -4.42. The van der Waals surface area contributed by atoms with Crippen molar-refractivity contribution in [2.75, 3.05) is 13.1 Å². The first-order valence-corrected chi connectivity index (χ1v) is 5.91. The van der Waals surface area contributed by atoms with Crippen LogP contribution >= 0.6 is 0 Å². The molecule has 7 heteroatoms. The van der Waals surface area contributed by atoms with Crippen LogP contribution in [0.3, 0.4) is 0 Å². The lowest BCUT2D eigenvalue weighted by atomic mass is 10.1. The second kappa shape index (κ2) is 6.26. The van der Waals surface area contributed by atoms with Crippen molar-refractivity contribution < 1.29 is 17.2 Å². The summed E-state index contributed by atoms with van der Waals surface area (Å²) in [5.74, 6) is -3.07. The van der Waals surface area contributed by atoms with Crippen molar-refractivity contribution >= 4 is 10.0 Å². The third-order valence-corrected chi connectivity index (χ3v) is 2.89. The van der Waals surface area contributed by atoms with E-state index in [1.54, 1.807) is 0 Å².